The number of hydrogen-bond donors (Lipinski definition) is 1. The number of hydrogen-bond acceptors (Lipinski definition) is 5. The van der Waals surface area contributed by atoms with Gasteiger partial charge in [0, 0.05) is 7.05 Å². The number of nitrogens with one attached hydrogen (secondary N) is 1. The highest BCUT2D eigenvalue weighted by Crippen LogP contribution is 2.32. The molecule has 0 radical (unpaired) electrons. The van der Waals surface area contributed by atoms with Gasteiger partial charge in [0.15, 0.2) is 0 Å². The Morgan fingerprint density at radius 2 is 1.74 bits per heavy atom. The SMILES string of the molecule is COC(=O)C1(NC(=O)c2cc(S(=O)(=O)N(C)c3ccc(F)cc3)ccc2Cl)CCCC1. The lowest BCUT2D eigenvalue weighted by Crippen LogP contribution is -2.53. The van der Waals surface area contributed by atoms with Crippen LogP contribution < -0.4 is 9.62 Å². The fourth-order valence-corrected chi connectivity index (χ4v) is 5.05. The number of carbonyl (C=O) groups excluding carboxylic acids is 2. The summed E-state index contributed by atoms with van der Waals surface area (Å²) in [7, 11) is -1.49. The second kappa shape index (κ2) is 8.84. The number of rotatable bonds is 6. The number of ether oxygens (including phenoxy) is 1. The quantitative estimate of drug-likeness (QED) is 0.655. The van der Waals surface area contributed by atoms with E-state index in [1.807, 2.05) is 0 Å². The zero-order valence-electron chi connectivity index (χ0n) is 17.0. The summed E-state index contributed by atoms with van der Waals surface area (Å²) in [5.74, 6) is -1.71. The predicted molar refractivity (Wildman–Crippen MR) is 114 cm³/mol. The molecule has 0 bridgehead atoms. The van der Waals surface area contributed by atoms with Gasteiger partial charge >= 0.3 is 5.97 Å². The predicted octanol–water partition coefficient (Wildman–Crippen LogP) is 3.52. The molecule has 1 aliphatic rings. The highest BCUT2D eigenvalue weighted by molar-refractivity contribution is 7.92. The molecule has 7 nitrogen and oxygen atoms in total. The van der Waals surface area contributed by atoms with Crippen LogP contribution in [0.2, 0.25) is 5.02 Å². The minimum atomic E-state index is -4.06. The van der Waals surface area contributed by atoms with Crippen molar-refractivity contribution in [3.05, 3.63) is 58.9 Å². The topological polar surface area (TPSA) is 92.8 Å². The molecule has 10 heteroatoms. The normalized spacial score (nSPS) is 15.4. The Morgan fingerprint density at radius 3 is 2.32 bits per heavy atom. The van der Waals surface area contributed by atoms with Crippen LogP contribution in [-0.2, 0) is 19.6 Å². The number of amides is 1. The molecular formula is C21H22ClFN2O5S. The van der Waals surface area contributed by atoms with E-state index < -0.39 is 33.3 Å². The molecule has 1 saturated carbocycles. The highest BCUT2D eigenvalue weighted by atomic mass is 35.5. The third-order valence-electron chi connectivity index (χ3n) is 5.42. The molecule has 0 heterocycles. The van der Waals surface area contributed by atoms with Crippen molar-refractivity contribution in [1.82, 2.24) is 5.32 Å². The van der Waals surface area contributed by atoms with Gasteiger partial charge in [-0.1, -0.05) is 24.4 Å². The molecule has 0 aliphatic heterocycles. The summed E-state index contributed by atoms with van der Waals surface area (Å²) in [5.41, 5.74) is -0.988. The maximum Gasteiger partial charge on any atom is 0.331 e. The average Bonchev–Trinajstić information content (AvgIpc) is 3.22. The first kappa shape index (κ1) is 23.0. The lowest BCUT2D eigenvalue weighted by molar-refractivity contribution is -0.148. The standard InChI is InChI=1S/C21H22ClFN2O5S/c1-25(15-7-5-14(23)6-8-15)31(28,29)16-9-10-18(22)17(13-16)19(26)24-21(20(27)30-2)11-3-4-12-21/h5-10,13H,3-4,11-12H2,1-2H3,(H,24,26). The van der Waals surface area contributed by atoms with Gasteiger partial charge in [0.25, 0.3) is 15.9 Å². The van der Waals surface area contributed by atoms with E-state index in [9.17, 15) is 22.4 Å². The summed E-state index contributed by atoms with van der Waals surface area (Å²) in [6, 6.07) is 8.70. The molecule has 1 fully saturated rings. The molecule has 3 rings (SSSR count). The number of halogens is 2. The van der Waals surface area contributed by atoms with E-state index in [-0.39, 0.29) is 21.2 Å². The van der Waals surface area contributed by atoms with Gasteiger partial charge < -0.3 is 10.1 Å². The number of carbonyl (C=O) groups is 2. The first-order chi connectivity index (χ1) is 14.6. The second-order valence-corrected chi connectivity index (χ2v) is 9.70. The molecule has 166 valence electrons. The van der Waals surface area contributed by atoms with Crippen molar-refractivity contribution in [2.24, 2.45) is 0 Å². The minimum Gasteiger partial charge on any atom is -0.467 e. The van der Waals surface area contributed by atoms with E-state index in [2.05, 4.69) is 5.32 Å². The maximum absolute atomic E-state index is 13.2. The Morgan fingerprint density at radius 1 is 1.13 bits per heavy atom. The van der Waals surface area contributed by atoms with Gasteiger partial charge in [0.05, 0.1) is 28.3 Å². The van der Waals surface area contributed by atoms with Crippen LogP contribution in [0.15, 0.2) is 47.4 Å². The third-order valence-corrected chi connectivity index (χ3v) is 7.53. The summed E-state index contributed by atoms with van der Waals surface area (Å²) in [6.45, 7) is 0. The van der Waals surface area contributed by atoms with E-state index in [1.165, 1.54) is 38.4 Å². The summed E-state index contributed by atoms with van der Waals surface area (Å²) < 4.78 is 45.1. The van der Waals surface area contributed by atoms with E-state index >= 15 is 0 Å². The van der Waals surface area contributed by atoms with Crippen molar-refractivity contribution in [2.75, 3.05) is 18.5 Å². The molecule has 0 spiro atoms. The van der Waals surface area contributed by atoms with Crippen molar-refractivity contribution in [2.45, 2.75) is 36.1 Å². The number of benzene rings is 2. The van der Waals surface area contributed by atoms with E-state index in [4.69, 9.17) is 16.3 Å². The Bertz CT molecular complexity index is 1100. The zero-order valence-corrected chi connectivity index (χ0v) is 18.6. The zero-order chi connectivity index (χ0) is 22.8. The fourth-order valence-electron chi connectivity index (χ4n) is 3.63. The van der Waals surface area contributed by atoms with Crippen LogP contribution in [0.25, 0.3) is 0 Å². The Balaban J connectivity index is 1.93. The summed E-state index contributed by atoms with van der Waals surface area (Å²) >= 11 is 6.17. The van der Waals surface area contributed by atoms with Crippen molar-refractivity contribution >= 4 is 39.2 Å². The van der Waals surface area contributed by atoms with Gasteiger partial charge in [0.2, 0.25) is 0 Å². The number of esters is 1. The third kappa shape index (κ3) is 4.52. The Hall–Kier alpha value is -2.65. The summed E-state index contributed by atoms with van der Waals surface area (Å²) in [5, 5.41) is 2.74. The van der Waals surface area contributed by atoms with Gasteiger partial charge in [0.1, 0.15) is 11.4 Å². The fraction of sp³-hybridized carbons (Fsp3) is 0.333. The molecule has 2 aromatic rings. The highest BCUT2D eigenvalue weighted by Gasteiger charge is 2.44. The summed E-state index contributed by atoms with van der Waals surface area (Å²) in [4.78, 5) is 25.1. The van der Waals surface area contributed by atoms with Crippen LogP contribution in [0.4, 0.5) is 10.1 Å². The molecule has 0 saturated heterocycles. The van der Waals surface area contributed by atoms with Crippen LogP contribution in [0, 0.1) is 5.82 Å². The number of nitrogens with zero attached hydrogens (tertiary/aromatic N) is 1. The van der Waals surface area contributed by atoms with Crippen molar-refractivity contribution in [1.29, 1.82) is 0 Å². The van der Waals surface area contributed by atoms with E-state index in [0.717, 1.165) is 35.3 Å². The van der Waals surface area contributed by atoms with Crippen LogP contribution in [0.1, 0.15) is 36.0 Å². The Kier molecular flexibility index (Phi) is 6.56. The van der Waals surface area contributed by atoms with Gasteiger partial charge in [-0.25, -0.2) is 17.6 Å². The number of methoxy groups -OCH3 is 1. The maximum atomic E-state index is 13.2. The van der Waals surface area contributed by atoms with Crippen LogP contribution in [0.3, 0.4) is 0 Å². The molecule has 1 N–H and O–H groups in total. The molecule has 0 unspecified atom stereocenters. The van der Waals surface area contributed by atoms with Gasteiger partial charge in [-0.05, 0) is 55.3 Å². The molecule has 0 atom stereocenters. The van der Waals surface area contributed by atoms with Crippen LogP contribution >= 0.6 is 11.6 Å². The average molecular weight is 469 g/mol. The van der Waals surface area contributed by atoms with Gasteiger partial charge in [-0.3, -0.25) is 9.10 Å². The second-order valence-electron chi connectivity index (χ2n) is 7.33. The number of sulfonamides is 1. The lowest BCUT2D eigenvalue weighted by atomic mass is 9.97. The van der Waals surface area contributed by atoms with E-state index in [0.29, 0.717) is 12.8 Å². The molecule has 0 aromatic heterocycles. The smallest absolute Gasteiger partial charge is 0.331 e. The molecule has 1 amide bonds. The summed E-state index contributed by atoms with van der Waals surface area (Å²) in [6.07, 6.45) is 2.35. The van der Waals surface area contributed by atoms with Gasteiger partial charge in [-0.15, -0.1) is 0 Å². The largest absolute Gasteiger partial charge is 0.467 e. The van der Waals surface area contributed by atoms with Crippen molar-refractivity contribution in [3.8, 4) is 0 Å². The van der Waals surface area contributed by atoms with Crippen molar-refractivity contribution < 1.29 is 27.1 Å². The van der Waals surface area contributed by atoms with Crippen molar-refractivity contribution in [3.63, 3.8) is 0 Å². The first-order valence-corrected chi connectivity index (χ1v) is 11.4. The van der Waals surface area contributed by atoms with Crippen LogP contribution in [0.5, 0.6) is 0 Å². The molecule has 1 aliphatic carbocycles. The lowest BCUT2D eigenvalue weighted by Gasteiger charge is -2.27. The first-order valence-electron chi connectivity index (χ1n) is 9.56. The molecular weight excluding hydrogens is 447 g/mol. The molecule has 2 aromatic carbocycles. The van der Waals surface area contributed by atoms with Crippen LogP contribution in [-0.4, -0.2) is 40.0 Å². The molecule has 31 heavy (non-hydrogen) atoms. The van der Waals surface area contributed by atoms with Gasteiger partial charge in [-0.2, -0.15) is 0 Å². The monoisotopic (exact) mass is 468 g/mol. The van der Waals surface area contributed by atoms with E-state index in [1.54, 1.807) is 0 Å². The number of anilines is 1. The Labute approximate surface area is 185 Å². The minimum absolute atomic E-state index is 0.0406.